The minimum atomic E-state index is 0.589. The second-order valence-electron chi connectivity index (χ2n) is 6.09. The van der Waals surface area contributed by atoms with Crippen LogP contribution in [0.5, 0.6) is 5.75 Å². The molecule has 0 aliphatic carbocycles. The van der Waals surface area contributed by atoms with Crippen molar-refractivity contribution in [3.8, 4) is 5.75 Å². The SMILES string of the molecule is CN=C(NCc1ccc(OC)cc1)N1CCC(c2ccccc2)C1. The predicted octanol–water partition coefficient (Wildman–Crippen LogP) is 3.26. The molecular formula is C20H25N3O. The molecule has 0 bridgehead atoms. The van der Waals surface area contributed by atoms with E-state index in [2.05, 4.69) is 57.7 Å². The molecule has 1 saturated heterocycles. The second kappa shape index (κ2) is 7.86. The topological polar surface area (TPSA) is 36.9 Å². The van der Waals surface area contributed by atoms with Gasteiger partial charge in [0.2, 0.25) is 0 Å². The molecular weight excluding hydrogens is 298 g/mol. The molecule has 24 heavy (non-hydrogen) atoms. The number of hydrogen-bond acceptors (Lipinski definition) is 2. The lowest BCUT2D eigenvalue weighted by molar-refractivity contribution is 0.414. The molecule has 0 radical (unpaired) electrons. The summed E-state index contributed by atoms with van der Waals surface area (Å²) in [5.74, 6) is 2.45. The maximum atomic E-state index is 5.20. The third kappa shape index (κ3) is 3.88. The predicted molar refractivity (Wildman–Crippen MR) is 98.6 cm³/mol. The molecule has 3 rings (SSSR count). The molecule has 0 saturated carbocycles. The van der Waals surface area contributed by atoms with Crippen molar-refractivity contribution in [1.82, 2.24) is 10.2 Å². The fraction of sp³-hybridized carbons (Fsp3) is 0.350. The van der Waals surface area contributed by atoms with Crippen molar-refractivity contribution < 1.29 is 4.74 Å². The van der Waals surface area contributed by atoms with Crippen LogP contribution in [-0.2, 0) is 6.54 Å². The van der Waals surface area contributed by atoms with Crippen LogP contribution in [-0.4, -0.2) is 38.1 Å². The molecule has 4 nitrogen and oxygen atoms in total. The third-order valence-corrected chi connectivity index (χ3v) is 4.58. The van der Waals surface area contributed by atoms with E-state index in [9.17, 15) is 0 Å². The fourth-order valence-corrected chi connectivity index (χ4v) is 3.21. The highest BCUT2D eigenvalue weighted by atomic mass is 16.5. The molecule has 1 atom stereocenters. The van der Waals surface area contributed by atoms with Gasteiger partial charge >= 0.3 is 0 Å². The smallest absolute Gasteiger partial charge is 0.193 e. The summed E-state index contributed by atoms with van der Waals surface area (Å²) in [5, 5.41) is 3.47. The summed E-state index contributed by atoms with van der Waals surface area (Å²) in [6, 6.07) is 18.9. The molecule has 0 spiro atoms. The number of methoxy groups -OCH3 is 1. The molecule has 1 unspecified atom stereocenters. The van der Waals surface area contributed by atoms with Crippen molar-refractivity contribution in [2.24, 2.45) is 4.99 Å². The molecule has 1 fully saturated rings. The molecule has 1 aliphatic rings. The van der Waals surface area contributed by atoms with E-state index < -0.39 is 0 Å². The first-order valence-electron chi connectivity index (χ1n) is 8.43. The van der Waals surface area contributed by atoms with E-state index in [-0.39, 0.29) is 0 Å². The molecule has 4 heteroatoms. The van der Waals surface area contributed by atoms with Gasteiger partial charge in [0, 0.05) is 32.6 Å². The second-order valence-corrected chi connectivity index (χ2v) is 6.09. The van der Waals surface area contributed by atoms with Gasteiger partial charge in [-0.05, 0) is 29.7 Å². The average Bonchev–Trinajstić information content (AvgIpc) is 3.13. The van der Waals surface area contributed by atoms with Crippen molar-refractivity contribution in [1.29, 1.82) is 0 Å². The largest absolute Gasteiger partial charge is 0.497 e. The summed E-state index contributed by atoms with van der Waals surface area (Å²) in [5.41, 5.74) is 2.64. The van der Waals surface area contributed by atoms with Crippen molar-refractivity contribution in [3.63, 3.8) is 0 Å². The number of benzene rings is 2. The number of likely N-dealkylation sites (tertiary alicyclic amines) is 1. The summed E-state index contributed by atoms with van der Waals surface area (Å²) >= 11 is 0. The van der Waals surface area contributed by atoms with Crippen LogP contribution in [0.1, 0.15) is 23.5 Å². The zero-order chi connectivity index (χ0) is 16.8. The van der Waals surface area contributed by atoms with Crippen LogP contribution in [0.25, 0.3) is 0 Å². The van der Waals surface area contributed by atoms with E-state index in [1.807, 2.05) is 19.2 Å². The van der Waals surface area contributed by atoms with Crippen molar-refractivity contribution >= 4 is 5.96 Å². The van der Waals surface area contributed by atoms with Gasteiger partial charge in [-0.1, -0.05) is 42.5 Å². The van der Waals surface area contributed by atoms with Crippen LogP contribution in [0.15, 0.2) is 59.6 Å². The van der Waals surface area contributed by atoms with Crippen molar-refractivity contribution in [3.05, 3.63) is 65.7 Å². The Morgan fingerprint density at radius 3 is 2.58 bits per heavy atom. The average molecular weight is 323 g/mol. The number of rotatable bonds is 4. The number of nitrogens with one attached hydrogen (secondary N) is 1. The first kappa shape index (κ1) is 16.4. The maximum absolute atomic E-state index is 5.20. The quantitative estimate of drug-likeness (QED) is 0.693. The summed E-state index contributed by atoms with van der Waals surface area (Å²) in [6.45, 7) is 2.83. The Balaban J connectivity index is 1.57. The molecule has 0 aromatic heterocycles. The van der Waals surface area contributed by atoms with Gasteiger partial charge < -0.3 is 15.0 Å². The van der Waals surface area contributed by atoms with E-state index >= 15 is 0 Å². The first-order chi connectivity index (χ1) is 11.8. The Morgan fingerprint density at radius 1 is 1.17 bits per heavy atom. The maximum Gasteiger partial charge on any atom is 0.193 e. The highest BCUT2D eigenvalue weighted by Gasteiger charge is 2.25. The molecule has 126 valence electrons. The van der Waals surface area contributed by atoms with E-state index in [0.717, 1.165) is 31.3 Å². The van der Waals surface area contributed by atoms with Gasteiger partial charge in [0.1, 0.15) is 5.75 Å². The van der Waals surface area contributed by atoms with Crippen LogP contribution in [0, 0.1) is 0 Å². The highest BCUT2D eigenvalue weighted by molar-refractivity contribution is 5.80. The van der Waals surface area contributed by atoms with Crippen molar-refractivity contribution in [2.75, 3.05) is 27.2 Å². The first-order valence-corrected chi connectivity index (χ1v) is 8.43. The van der Waals surface area contributed by atoms with Gasteiger partial charge in [-0.25, -0.2) is 0 Å². The number of hydrogen-bond donors (Lipinski definition) is 1. The molecule has 1 N–H and O–H groups in total. The number of ether oxygens (including phenoxy) is 1. The van der Waals surface area contributed by atoms with E-state index in [1.54, 1.807) is 7.11 Å². The minimum Gasteiger partial charge on any atom is -0.497 e. The van der Waals surface area contributed by atoms with Gasteiger partial charge in [-0.2, -0.15) is 0 Å². The Hall–Kier alpha value is -2.49. The van der Waals surface area contributed by atoms with Crippen molar-refractivity contribution in [2.45, 2.75) is 18.9 Å². The number of nitrogens with zero attached hydrogens (tertiary/aromatic N) is 2. The zero-order valence-electron chi connectivity index (χ0n) is 14.4. The van der Waals surface area contributed by atoms with Gasteiger partial charge in [-0.15, -0.1) is 0 Å². The lowest BCUT2D eigenvalue weighted by Gasteiger charge is -2.22. The Bertz CT molecular complexity index is 667. The summed E-state index contributed by atoms with van der Waals surface area (Å²) in [4.78, 5) is 6.80. The van der Waals surface area contributed by atoms with Crippen LogP contribution in [0.3, 0.4) is 0 Å². The fourth-order valence-electron chi connectivity index (χ4n) is 3.21. The summed E-state index contributed by atoms with van der Waals surface area (Å²) in [6.07, 6.45) is 1.17. The van der Waals surface area contributed by atoms with Crippen LogP contribution in [0.4, 0.5) is 0 Å². The molecule has 1 aliphatic heterocycles. The Morgan fingerprint density at radius 2 is 1.92 bits per heavy atom. The van der Waals surface area contributed by atoms with Crippen LogP contribution >= 0.6 is 0 Å². The van der Waals surface area contributed by atoms with E-state index in [4.69, 9.17) is 4.74 Å². The van der Waals surface area contributed by atoms with Crippen LogP contribution < -0.4 is 10.1 Å². The van der Waals surface area contributed by atoms with Crippen LogP contribution in [0.2, 0.25) is 0 Å². The Labute approximate surface area is 144 Å². The monoisotopic (exact) mass is 323 g/mol. The van der Waals surface area contributed by atoms with E-state index in [0.29, 0.717) is 5.92 Å². The lowest BCUT2D eigenvalue weighted by atomic mass is 9.99. The van der Waals surface area contributed by atoms with Gasteiger partial charge in [0.15, 0.2) is 5.96 Å². The normalized spacial score (nSPS) is 17.8. The van der Waals surface area contributed by atoms with Gasteiger partial charge in [-0.3, -0.25) is 4.99 Å². The summed E-state index contributed by atoms with van der Waals surface area (Å²) < 4.78 is 5.20. The third-order valence-electron chi connectivity index (χ3n) is 4.58. The van der Waals surface area contributed by atoms with Gasteiger partial charge in [0.25, 0.3) is 0 Å². The molecule has 2 aromatic rings. The minimum absolute atomic E-state index is 0.589. The number of aliphatic imine (C=N–C) groups is 1. The van der Waals surface area contributed by atoms with E-state index in [1.165, 1.54) is 17.5 Å². The lowest BCUT2D eigenvalue weighted by Crippen LogP contribution is -2.39. The zero-order valence-corrected chi connectivity index (χ0v) is 14.4. The molecule has 0 amide bonds. The molecule has 1 heterocycles. The standard InChI is InChI=1S/C20H25N3O/c1-21-20(22-14-16-8-10-19(24-2)11-9-16)23-13-12-18(15-23)17-6-4-3-5-7-17/h3-11,18H,12-15H2,1-2H3,(H,21,22). The van der Waals surface area contributed by atoms with Gasteiger partial charge in [0.05, 0.1) is 7.11 Å². The summed E-state index contributed by atoms with van der Waals surface area (Å²) in [7, 11) is 3.54. The molecule has 2 aromatic carbocycles. The Kier molecular flexibility index (Phi) is 5.36. The highest BCUT2D eigenvalue weighted by Crippen LogP contribution is 2.26. The number of guanidine groups is 1.